The lowest BCUT2D eigenvalue weighted by Gasteiger charge is -2.31. The molecule has 2 aliphatic rings. The molecule has 1 aromatic carbocycles. The highest BCUT2D eigenvalue weighted by Crippen LogP contribution is 2.40. The van der Waals surface area contributed by atoms with Crippen molar-refractivity contribution >= 4 is 29.2 Å². The van der Waals surface area contributed by atoms with Crippen LogP contribution in [0.4, 0.5) is 4.39 Å². The van der Waals surface area contributed by atoms with Crippen molar-refractivity contribution < 1.29 is 23.8 Å². The first-order chi connectivity index (χ1) is 15.3. The average molecular weight is 434 g/mol. The van der Waals surface area contributed by atoms with Gasteiger partial charge in [-0.25, -0.2) is 14.2 Å². The number of hydrogen-bond donors (Lipinski definition) is 1. The van der Waals surface area contributed by atoms with E-state index < -0.39 is 17.4 Å². The van der Waals surface area contributed by atoms with Crippen LogP contribution in [-0.4, -0.2) is 26.9 Å². The van der Waals surface area contributed by atoms with Crippen molar-refractivity contribution in [3.05, 3.63) is 68.3 Å². The summed E-state index contributed by atoms with van der Waals surface area (Å²) >= 11 is 0. The first-order valence-electron chi connectivity index (χ1n) is 10.2. The first kappa shape index (κ1) is 20.3. The van der Waals surface area contributed by atoms with E-state index >= 15 is 0 Å². The molecule has 5 rings (SSSR count). The van der Waals surface area contributed by atoms with Crippen LogP contribution in [0.15, 0.2) is 29.1 Å². The molecule has 0 radical (unpaired) electrons. The lowest BCUT2D eigenvalue weighted by atomic mass is 9.86. The number of ether oxygens (including phenoxy) is 1. The number of esters is 1. The third-order valence-corrected chi connectivity index (χ3v) is 6.35. The van der Waals surface area contributed by atoms with Gasteiger partial charge >= 0.3 is 5.97 Å². The maximum absolute atomic E-state index is 14.3. The van der Waals surface area contributed by atoms with Gasteiger partial charge in [0.2, 0.25) is 0 Å². The van der Waals surface area contributed by atoms with Crippen LogP contribution in [0, 0.1) is 12.7 Å². The molecule has 0 bridgehead atoms. The van der Waals surface area contributed by atoms with E-state index in [0.717, 1.165) is 0 Å². The third-order valence-electron chi connectivity index (χ3n) is 6.35. The minimum Gasteiger partial charge on any atom is -0.458 e. The molecule has 0 amide bonds. The van der Waals surface area contributed by atoms with Crippen LogP contribution >= 0.6 is 0 Å². The Hall–Kier alpha value is -3.65. The number of rotatable bonds is 3. The van der Waals surface area contributed by atoms with Crippen molar-refractivity contribution in [2.45, 2.75) is 39.0 Å². The molecular formula is C24H19FN2O5. The molecule has 0 saturated carbocycles. The Bertz CT molecular complexity index is 1440. The molecule has 4 heterocycles. The summed E-state index contributed by atoms with van der Waals surface area (Å²) in [6.45, 7) is 3.25. The Morgan fingerprint density at radius 1 is 1.28 bits per heavy atom. The van der Waals surface area contributed by atoms with E-state index in [2.05, 4.69) is 4.98 Å². The predicted molar refractivity (Wildman–Crippen MR) is 114 cm³/mol. The molecule has 0 unspecified atom stereocenters. The molecule has 8 heteroatoms. The van der Waals surface area contributed by atoms with Crippen molar-refractivity contribution in [2.75, 3.05) is 0 Å². The molecular weight excluding hydrogens is 415 g/mol. The Labute approximate surface area is 181 Å². The van der Waals surface area contributed by atoms with E-state index in [9.17, 15) is 23.9 Å². The summed E-state index contributed by atoms with van der Waals surface area (Å²) in [6, 6.07) is 4.59. The molecule has 2 aromatic heterocycles. The molecule has 1 N–H and O–H groups in total. The number of cyclic esters (lactones) is 1. The third kappa shape index (κ3) is 2.62. The van der Waals surface area contributed by atoms with E-state index in [0.29, 0.717) is 45.3 Å². The predicted octanol–water partition coefficient (Wildman–Crippen LogP) is 2.74. The number of hydrogen-bond acceptors (Lipinski definition) is 6. The molecule has 162 valence electrons. The number of pyridine rings is 2. The number of carbonyl (C=O) groups excluding carboxylic acids is 2. The topological polar surface area (TPSA) is 98.5 Å². The second kappa shape index (κ2) is 6.93. The van der Waals surface area contributed by atoms with Gasteiger partial charge in [0.25, 0.3) is 5.56 Å². The largest absolute Gasteiger partial charge is 0.458 e. The maximum atomic E-state index is 14.3. The van der Waals surface area contributed by atoms with Gasteiger partial charge in [-0.05, 0) is 42.7 Å². The van der Waals surface area contributed by atoms with E-state index in [4.69, 9.17) is 4.74 Å². The van der Waals surface area contributed by atoms with Gasteiger partial charge in [-0.2, -0.15) is 0 Å². The molecule has 0 spiro atoms. The van der Waals surface area contributed by atoms with Crippen LogP contribution in [0.1, 0.15) is 41.2 Å². The van der Waals surface area contributed by atoms with Crippen molar-refractivity contribution in [3.8, 4) is 11.4 Å². The zero-order valence-electron chi connectivity index (χ0n) is 17.4. The summed E-state index contributed by atoms with van der Waals surface area (Å²) in [5.41, 5.74) is 1.18. The number of halogens is 1. The van der Waals surface area contributed by atoms with Crippen LogP contribution < -0.4 is 5.56 Å². The van der Waals surface area contributed by atoms with Crippen molar-refractivity contribution in [1.82, 2.24) is 9.55 Å². The fourth-order valence-corrected chi connectivity index (χ4v) is 4.57. The number of aliphatic hydroxyl groups is 1. The maximum Gasteiger partial charge on any atom is 0.343 e. The molecule has 0 aliphatic carbocycles. The number of carbonyl (C=O) groups is 2. The molecule has 0 saturated heterocycles. The zero-order chi connectivity index (χ0) is 22.8. The number of nitrogens with zero attached hydrogens (tertiary/aromatic N) is 2. The van der Waals surface area contributed by atoms with E-state index in [-0.39, 0.29) is 36.3 Å². The lowest BCUT2D eigenvalue weighted by molar-refractivity contribution is -0.172. The minimum atomic E-state index is -1.93. The molecule has 32 heavy (non-hydrogen) atoms. The summed E-state index contributed by atoms with van der Waals surface area (Å²) in [5.74, 6) is -1.21. The molecule has 7 nitrogen and oxygen atoms in total. The van der Waals surface area contributed by atoms with E-state index in [1.807, 2.05) is 0 Å². The van der Waals surface area contributed by atoms with Crippen LogP contribution in [0.3, 0.4) is 0 Å². The number of aryl methyl sites for hydroxylation is 1. The molecule has 1 atom stereocenters. The van der Waals surface area contributed by atoms with E-state index in [1.54, 1.807) is 32.1 Å². The average Bonchev–Trinajstić information content (AvgIpc) is 3.14. The second-order valence-corrected chi connectivity index (χ2v) is 8.07. The minimum absolute atomic E-state index is 0.0392. The normalized spacial score (nSPS) is 19.1. The quantitative estimate of drug-likeness (QED) is 0.303. The summed E-state index contributed by atoms with van der Waals surface area (Å²) < 4.78 is 20.9. The monoisotopic (exact) mass is 434 g/mol. The zero-order valence-corrected chi connectivity index (χ0v) is 17.4. The highest BCUT2D eigenvalue weighted by atomic mass is 19.1. The van der Waals surface area contributed by atoms with Gasteiger partial charge in [-0.3, -0.25) is 9.59 Å². The lowest BCUT2D eigenvalue weighted by Crippen LogP contribution is -2.44. The van der Waals surface area contributed by atoms with Gasteiger partial charge in [0.05, 0.1) is 29.0 Å². The fourth-order valence-electron chi connectivity index (χ4n) is 4.57. The van der Waals surface area contributed by atoms with Crippen LogP contribution in [0.2, 0.25) is 0 Å². The van der Waals surface area contributed by atoms with Crippen molar-refractivity contribution in [1.29, 1.82) is 0 Å². The first-order valence-corrected chi connectivity index (χ1v) is 10.2. The van der Waals surface area contributed by atoms with Gasteiger partial charge in [-0.15, -0.1) is 0 Å². The number of benzene rings is 1. The highest BCUT2D eigenvalue weighted by Gasteiger charge is 2.45. The summed E-state index contributed by atoms with van der Waals surface area (Å²) in [4.78, 5) is 41.3. The summed E-state index contributed by atoms with van der Waals surface area (Å²) in [7, 11) is 0. The van der Waals surface area contributed by atoms with Gasteiger partial charge < -0.3 is 14.4 Å². The van der Waals surface area contributed by atoms with Gasteiger partial charge in [0.15, 0.2) is 5.60 Å². The molecule has 2 aliphatic heterocycles. The number of fused-ring (bicyclic) bond motifs is 5. The van der Waals surface area contributed by atoms with Crippen molar-refractivity contribution in [2.24, 2.45) is 0 Å². The smallest absolute Gasteiger partial charge is 0.343 e. The van der Waals surface area contributed by atoms with Gasteiger partial charge in [-0.1, -0.05) is 13.0 Å². The Kier molecular flexibility index (Phi) is 4.39. The SMILES string of the molecule is CC[C@@]1(O)C(=O)OCc2c1cc1n(c2=O)Cc2c-1nc1cc(F)c(C)cc1c2/C=C/C=O. The number of aldehydes is 1. The van der Waals surface area contributed by atoms with Gasteiger partial charge in [0.1, 0.15) is 18.7 Å². The Balaban J connectivity index is 1.86. The summed E-state index contributed by atoms with van der Waals surface area (Å²) in [5, 5.41) is 11.6. The summed E-state index contributed by atoms with van der Waals surface area (Å²) in [6.07, 6.45) is 3.65. The van der Waals surface area contributed by atoms with Crippen LogP contribution in [0.25, 0.3) is 28.4 Å². The van der Waals surface area contributed by atoms with Crippen LogP contribution in [-0.2, 0) is 33.1 Å². The fraction of sp³-hybridized carbons (Fsp3) is 0.250. The van der Waals surface area contributed by atoms with Crippen molar-refractivity contribution in [3.63, 3.8) is 0 Å². The second-order valence-electron chi connectivity index (χ2n) is 8.07. The van der Waals surface area contributed by atoms with Gasteiger partial charge in [0, 0.05) is 22.6 Å². The standard InChI is InChI=1S/C24H19FN2O5/c1-3-24(31)17-8-20-21-15(10-27(20)22(29)16(17)11-32-23(24)30)13(5-4-6-28)14-7-12(2)18(25)9-19(14)26-21/h4-9,31H,3,10-11H2,1-2H3/b5-4+/t24-/m0/s1. The number of allylic oxidation sites excluding steroid dienone is 1. The Morgan fingerprint density at radius 2 is 2.06 bits per heavy atom. The molecule has 3 aromatic rings. The van der Waals surface area contributed by atoms with E-state index in [1.165, 1.54) is 16.7 Å². The Morgan fingerprint density at radius 3 is 2.78 bits per heavy atom. The van der Waals surface area contributed by atoms with Crippen LogP contribution in [0.5, 0.6) is 0 Å². The number of aromatic nitrogens is 2. The highest BCUT2D eigenvalue weighted by molar-refractivity contribution is 5.95. The molecule has 0 fully saturated rings.